The Labute approximate surface area is 132 Å². The van der Waals surface area contributed by atoms with Crippen molar-refractivity contribution >= 4 is 52.0 Å². The van der Waals surface area contributed by atoms with E-state index in [2.05, 4.69) is 5.43 Å². The predicted octanol–water partition coefficient (Wildman–Crippen LogP) is 1.08. The quantitative estimate of drug-likeness (QED) is 0.324. The fourth-order valence-electron chi connectivity index (χ4n) is 1.59. The van der Waals surface area contributed by atoms with Crippen molar-refractivity contribution in [3.63, 3.8) is 0 Å². The molecule has 0 saturated carbocycles. The monoisotopic (exact) mass is 340 g/mol. The van der Waals surface area contributed by atoms with Gasteiger partial charge >= 0.3 is 6.03 Å². The first-order valence-electron chi connectivity index (χ1n) is 5.61. The molecule has 1 aromatic rings. The Hall–Kier alpha value is -2.66. The Balaban J connectivity index is 2.36. The predicted molar refractivity (Wildman–Crippen MR) is 82.5 cm³/mol. The molecule has 0 bridgehead atoms. The Morgan fingerprint density at radius 1 is 1.55 bits per heavy atom. The zero-order valence-corrected chi connectivity index (χ0v) is 12.3. The molecule has 1 aliphatic rings. The zero-order valence-electron chi connectivity index (χ0n) is 10.7. The lowest BCUT2D eigenvalue weighted by Gasteiger charge is -2.12. The van der Waals surface area contributed by atoms with Gasteiger partial charge in [-0.2, -0.15) is 5.01 Å². The summed E-state index contributed by atoms with van der Waals surface area (Å²) in [6, 6.07) is 2.43. The first-order valence-corrected chi connectivity index (χ1v) is 6.83. The molecule has 0 aliphatic carbocycles. The third-order valence-corrected chi connectivity index (χ3v) is 3.83. The molecule has 114 valence electrons. The van der Waals surface area contributed by atoms with E-state index in [1.54, 1.807) is 0 Å². The number of benzene rings is 1. The number of nitrogens with zero attached hydrogens (tertiary/aromatic N) is 2. The maximum atomic E-state index is 12.0. The summed E-state index contributed by atoms with van der Waals surface area (Å²) in [7, 11) is 0. The Bertz CT molecular complexity index is 733. The van der Waals surface area contributed by atoms with E-state index in [1.165, 1.54) is 6.08 Å². The molecular formula is C11H8N4O5S2. The molecule has 1 fully saturated rings. The van der Waals surface area contributed by atoms with Crippen molar-refractivity contribution in [2.75, 3.05) is 0 Å². The van der Waals surface area contributed by atoms with Gasteiger partial charge in [-0.05, 0) is 24.4 Å². The summed E-state index contributed by atoms with van der Waals surface area (Å²) in [5, 5.41) is 21.2. The van der Waals surface area contributed by atoms with E-state index in [4.69, 9.17) is 18.0 Å². The molecule has 0 aromatic heterocycles. The first-order chi connectivity index (χ1) is 10.3. The number of carbonyl (C=O) groups excluding carboxylic acids is 2. The number of nitro benzene ring substituents is 1. The van der Waals surface area contributed by atoms with Crippen LogP contribution in [0.3, 0.4) is 0 Å². The highest BCUT2D eigenvalue weighted by atomic mass is 32.2. The number of amides is 3. The highest BCUT2D eigenvalue weighted by Gasteiger charge is 2.33. The van der Waals surface area contributed by atoms with Crippen molar-refractivity contribution in [1.29, 1.82) is 0 Å². The van der Waals surface area contributed by atoms with E-state index in [9.17, 15) is 24.8 Å². The van der Waals surface area contributed by atoms with Crippen molar-refractivity contribution < 1.29 is 19.6 Å². The van der Waals surface area contributed by atoms with Gasteiger partial charge < -0.3 is 10.8 Å². The van der Waals surface area contributed by atoms with Crippen molar-refractivity contribution in [2.45, 2.75) is 0 Å². The molecule has 3 amide bonds. The summed E-state index contributed by atoms with van der Waals surface area (Å²) < 4.78 is 0.0416. The van der Waals surface area contributed by atoms with Crippen LogP contribution in [-0.2, 0) is 4.79 Å². The second-order valence-electron chi connectivity index (χ2n) is 3.99. The Morgan fingerprint density at radius 2 is 2.23 bits per heavy atom. The summed E-state index contributed by atoms with van der Waals surface area (Å²) in [4.78, 5) is 33.0. The van der Waals surface area contributed by atoms with Gasteiger partial charge in [0.1, 0.15) is 5.75 Å². The highest BCUT2D eigenvalue weighted by Crippen LogP contribution is 2.34. The lowest BCUT2D eigenvalue weighted by atomic mass is 10.1. The topological polar surface area (TPSA) is 139 Å². The van der Waals surface area contributed by atoms with Gasteiger partial charge in [0.15, 0.2) is 4.32 Å². The summed E-state index contributed by atoms with van der Waals surface area (Å²) in [6.07, 6.45) is 1.24. The first kappa shape index (κ1) is 15.7. The van der Waals surface area contributed by atoms with Crippen molar-refractivity contribution in [2.24, 2.45) is 5.73 Å². The van der Waals surface area contributed by atoms with Gasteiger partial charge in [-0.25, -0.2) is 10.2 Å². The minimum atomic E-state index is -0.962. The summed E-state index contributed by atoms with van der Waals surface area (Å²) in [5.74, 6) is -0.890. The van der Waals surface area contributed by atoms with Crippen LogP contribution < -0.4 is 11.2 Å². The molecule has 11 heteroatoms. The number of thioether (sulfide) groups is 1. The summed E-state index contributed by atoms with van der Waals surface area (Å²) in [5.41, 5.74) is 6.81. The van der Waals surface area contributed by atoms with Gasteiger partial charge in [0, 0.05) is 17.7 Å². The lowest BCUT2D eigenvalue weighted by Crippen LogP contribution is -2.47. The molecule has 4 N–H and O–H groups in total. The smallest absolute Gasteiger partial charge is 0.331 e. The number of nitrogens with one attached hydrogen (secondary N) is 1. The van der Waals surface area contributed by atoms with E-state index < -0.39 is 16.9 Å². The SMILES string of the molecule is NC(=O)NN1C(=O)C(=Cc2cc([N+](=O)[O-])ccc2O)SC1=S. The maximum absolute atomic E-state index is 12.0. The summed E-state index contributed by atoms with van der Waals surface area (Å²) in [6.45, 7) is 0. The van der Waals surface area contributed by atoms with E-state index in [-0.39, 0.29) is 26.2 Å². The number of phenolic OH excluding ortho intramolecular Hbond substituents is 1. The molecule has 2 rings (SSSR count). The second kappa shape index (κ2) is 5.99. The number of hydrogen-bond acceptors (Lipinski definition) is 7. The number of hydrazine groups is 1. The van der Waals surface area contributed by atoms with Gasteiger partial charge in [0.2, 0.25) is 0 Å². The van der Waals surface area contributed by atoms with Crippen molar-refractivity contribution in [1.82, 2.24) is 10.4 Å². The highest BCUT2D eigenvalue weighted by molar-refractivity contribution is 8.26. The largest absolute Gasteiger partial charge is 0.507 e. The van der Waals surface area contributed by atoms with Crippen LogP contribution in [-0.4, -0.2) is 31.3 Å². The van der Waals surface area contributed by atoms with E-state index >= 15 is 0 Å². The number of nitrogens with two attached hydrogens (primary N) is 1. The van der Waals surface area contributed by atoms with Crippen LogP contribution in [0.2, 0.25) is 0 Å². The number of urea groups is 1. The van der Waals surface area contributed by atoms with Crippen LogP contribution in [0.4, 0.5) is 10.5 Å². The molecule has 0 spiro atoms. The van der Waals surface area contributed by atoms with Crippen LogP contribution in [0.25, 0.3) is 6.08 Å². The number of carbonyl (C=O) groups is 2. The number of thiocarbonyl (C=S) groups is 1. The minimum Gasteiger partial charge on any atom is -0.507 e. The fraction of sp³-hybridized carbons (Fsp3) is 0. The Kier molecular flexibility index (Phi) is 4.28. The number of hydrogen-bond donors (Lipinski definition) is 3. The third-order valence-electron chi connectivity index (χ3n) is 2.52. The Morgan fingerprint density at radius 3 is 2.82 bits per heavy atom. The van der Waals surface area contributed by atoms with Crippen LogP contribution >= 0.6 is 24.0 Å². The standard InChI is InChI=1S/C11H8N4O5S2/c12-10(18)13-14-9(17)8(22-11(14)21)4-5-3-6(15(19)20)1-2-7(5)16/h1-4,16H,(H3,12,13,18). The van der Waals surface area contributed by atoms with Crippen LogP contribution in [0, 0.1) is 10.1 Å². The average molecular weight is 340 g/mol. The van der Waals surface area contributed by atoms with Gasteiger partial charge in [0.05, 0.1) is 9.83 Å². The van der Waals surface area contributed by atoms with Crippen LogP contribution in [0.15, 0.2) is 23.1 Å². The second-order valence-corrected chi connectivity index (χ2v) is 5.67. The molecule has 9 nitrogen and oxygen atoms in total. The van der Waals surface area contributed by atoms with Crippen LogP contribution in [0.5, 0.6) is 5.75 Å². The molecule has 1 heterocycles. The van der Waals surface area contributed by atoms with Gasteiger partial charge in [-0.3, -0.25) is 14.9 Å². The molecular weight excluding hydrogens is 332 g/mol. The summed E-state index contributed by atoms with van der Waals surface area (Å²) >= 11 is 5.77. The van der Waals surface area contributed by atoms with Gasteiger partial charge in [0.25, 0.3) is 11.6 Å². The number of rotatable bonds is 3. The molecule has 0 atom stereocenters. The van der Waals surface area contributed by atoms with E-state index in [1.807, 2.05) is 0 Å². The zero-order chi connectivity index (χ0) is 16.4. The number of nitro groups is 1. The third kappa shape index (κ3) is 3.15. The van der Waals surface area contributed by atoms with E-state index in [0.717, 1.165) is 35.0 Å². The van der Waals surface area contributed by atoms with Gasteiger partial charge in [-0.1, -0.05) is 11.8 Å². The lowest BCUT2D eigenvalue weighted by molar-refractivity contribution is -0.384. The number of primary amides is 1. The molecule has 1 saturated heterocycles. The molecule has 0 radical (unpaired) electrons. The number of phenols is 1. The van der Waals surface area contributed by atoms with E-state index in [0.29, 0.717) is 0 Å². The molecule has 0 unspecified atom stereocenters. The molecule has 1 aromatic carbocycles. The fourth-order valence-corrected chi connectivity index (χ4v) is 2.76. The maximum Gasteiger partial charge on any atom is 0.331 e. The molecule has 22 heavy (non-hydrogen) atoms. The number of non-ortho nitro benzene ring substituents is 1. The van der Waals surface area contributed by atoms with Gasteiger partial charge in [-0.15, -0.1) is 0 Å². The van der Waals surface area contributed by atoms with Crippen molar-refractivity contribution in [3.8, 4) is 5.75 Å². The molecule has 1 aliphatic heterocycles. The minimum absolute atomic E-state index is 0.0416. The average Bonchev–Trinajstić information content (AvgIpc) is 2.68. The number of aromatic hydroxyl groups is 1. The normalized spacial score (nSPS) is 16.2. The van der Waals surface area contributed by atoms with Crippen molar-refractivity contribution in [3.05, 3.63) is 38.8 Å². The van der Waals surface area contributed by atoms with Crippen LogP contribution in [0.1, 0.15) is 5.56 Å².